The molecule has 1 aliphatic heterocycles. The SMILES string of the molecule is COC(=O)C[C@H](NS(=O)(=O)N1CC(C)CC(C)C1)C(=O)O. The highest BCUT2D eigenvalue weighted by Gasteiger charge is 2.34. The molecule has 1 rings (SSSR count). The molecule has 0 aromatic heterocycles. The first kappa shape index (κ1) is 17.9. The Morgan fingerprint density at radius 2 is 1.86 bits per heavy atom. The van der Waals surface area contributed by atoms with Gasteiger partial charge < -0.3 is 9.84 Å². The lowest BCUT2D eigenvalue weighted by atomic mass is 9.94. The fourth-order valence-electron chi connectivity index (χ4n) is 2.49. The van der Waals surface area contributed by atoms with Crippen LogP contribution in [0.5, 0.6) is 0 Å². The number of hydrogen-bond acceptors (Lipinski definition) is 5. The molecule has 0 spiro atoms. The van der Waals surface area contributed by atoms with Gasteiger partial charge in [0.05, 0.1) is 13.5 Å². The topological polar surface area (TPSA) is 113 Å². The van der Waals surface area contributed by atoms with Gasteiger partial charge in [-0.1, -0.05) is 13.8 Å². The Bertz CT molecular complexity index is 482. The first-order valence-corrected chi connectivity index (χ1v) is 8.16. The van der Waals surface area contributed by atoms with Gasteiger partial charge in [-0.25, -0.2) is 0 Å². The van der Waals surface area contributed by atoms with E-state index >= 15 is 0 Å². The average Bonchev–Trinajstić information content (AvgIpc) is 2.36. The van der Waals surface area contributed by atoms with Crippen molar-refractivity contribution in [3.63, 3.8) is 0 Å². The number of rotatable bonds is 6. The minimum absolute atomic E-state index is 0.203. The van der Waals surface area contributed by atoms with Gasteiger partial charge in [-0.3, -0.25) is 9.59 Å². The molecule has 1 heterocycles. The maximum Gasteiger partial charge on any atom is 0.322 e. The molecular formula is C12H22N2O6S. The Labute approximate surface area is 124 Å². The van der Waals surface area contributed by atoms with Gasteiger partial charge in [0.2, 0.25) is 0 Å². The number of carbonyl (C=O) groups is 2. The summed E-state index contributed by atoms with van der Waals surface area (Å²) in [4.78, 5) is 22.2. The summed E-state index contributed by atoms with van der Waals surface area (Å²) in [5.74, 6) is -1.80. The average molecular weight is 322 g/mol. The Balaban J connectivity index is 2.80. The second-order valence-corrected chi connectivity index (χ2v) is 7.26. The molecule has 2 N–H and O–H groups in total. The number of carboxylic acid groups (broad SMARTS) is 1. The molecule has 0 bridgehead atoms. The van der Waals surface area contributed by atoms with Crippen LogP contribution >= 0.6 is 0 Å². The predicted octanol–water partition coefficient (Wildman–Crippen LogP) is -0.185. The van der Waals surface area contributed by atoms with Crippen LogP contribution in [0.2, 0.25) is 0 Å². The first-order chi connectivity index (χ1) is 9.65. The van der Waals surface area contributed by atoms with Crippen LogP contribution in [0.1, 0.15) is 26.7 Å². The lowest BCUT2D eigenvalue weighted by Crippen LogP contribution is -2.52. The van der Waals surface area contributed by atoms with Crippen LogP contribution in [-0.2, 0) is 24.5 Å². The molecule has 0 radical (unpaired) electrons. The Kier molecular flexibility index (Phi) is 6.11. The lowest BCUT2D eigenvalue weighted by molar-refractivity contribution is -0.147. The van der Waals surface area contributed by atoms with Gasteiger partial charge in [0.1, 0.15) is 6.04 Å². The summed E-state index contributed by atoms with van der Waals surface area (Å²) in [5, 5.41) is 9.03. The molecule has 122 valence electrons. The molecule has 8 nitrogen and oxygen atoms in total. The molecule has 0 amide bonds. The van der Waals surface area contributed by atoms with Gasteiger partial charge in [-0.15, -0.1) is 0 Å². The van der Waals surface area contributed by atoms with Crippen molar-refractivity contribution in [2.24, 2.45) is 11.8 Å². The highest BCUT2D eigenvalue weighted by molar-refractivity contribution is 7.87. The summed E-state index contributed by atoms with van der Waals surface area (Å²) < 4.78 is 32.2. The number of ether oxygens (including phenoxy) is 1. The Morgan fingerprint density at radius 3 is 2.29 bits per heavy atom. The maximum absolute atomic E-state index is 12.3. The monoisotopic (exact) mass is 322 g/mol. The van der Waals surface area contributed by atoms with E-state index in [2.05, 4.69) is 9.46 Å². The fourth-order valence-corrected chi connectivity index (χ4v) is 4.08. The molecule has 1 fully saturated rings. The summed E-state index contributed by atoms with van der Waals surface area (Å²) in [6.07, 6.45) is 0.376. The summed E-state index contributed by atoms with van der Waals surface area (Å²) >= 11 is 0. The molecule has 0 saturated carbocycles. The number of nitrogens with zero attached hydrogens (tertiary/aromatic N) is 1. The van der Waals surface area contributed by atoms with Crippen molar-refractivity contribution in [1.82, 2.24) is 9.03 Å². The predicted molar refractivity (Wildman–Crippen MR) is 74.6 cm³/mol. The van der Waals surface area contributed by atoms with Gasteiger partial charge in [0.25, 0.3) is 10.2 Å². The number of nitrogens with one attached hydrogen (secondary N) is 1. The fraction of sp³-hybridized carbons (Fsp3) is 0.833. The van der Waals surface area contributed by atoms with Crippen LogP contribution in [-0.4, -0.2) is 56.0 Å². The van der Waals surface area contributed by atoms with Crippen molar-refractivity contribution in [1.29, 1.82) is 0 Å². The molecule has 1 aliphatic rings. The van der Waals surface area contributed by atoms with Crippen LogP contribution in [0.4, 0.5) is 0 Å². The van der Waals surface area contributed by atoms with Crippen LogP contribution in [0.3, 0.4) is 0 Å². The zero-order valence-corrected chi connectivity index (χ0v) is 13.2. The number of hydrogen-bond donors (Lipinski definition) is 2. The Morgan fingerprint density at radius 1 is 1.33 bits per heavy atom. The van der Waals surface area contributed by atoms with Crippen molar-refractivity contribution in [3.8, 4) is 0 Å². The van der Waals surface area contributed by atoms with E-state index in [1.807, 2.05) is 13.8 Å². The van der Waals surface area contributed by atoms with E-state index in [0.717, 1.165) is 13.5 Å². The summed E-state index contributed by atoms with van der Waals surface area (Å²) in [5.41, 5.74) is 0. The standard InChI is InChI=1S/C12H22N2O6S/c1-8-4-9(2)7-14(6-8)21(18,19)13-10(12(16)17)5-11(15)20-3/h8-10,13H,4-7H2,1-3H3,(H,16,17)/t8?,9?,10-/m0/s1. The first-order valence-electron chi connectivity index (χ1n) is 6.72. The molecular weight excluding hydrogens is 300 g/mol. The second kappa shape index (κ2) is 7.19. The number of methoxy groups -OCH3 is 1. The van der Waals surface area contributed by atoms with Crippen molar-refractivity contribution >= 4 is 22.1 Å². The number of piperidine rings is 1. The van der Waals surface area contributed by atoms with Crippen molar-refractivity contribution in [2.45, 2.75) is 32.7 Å². The summed E-state index contributed by atoms with van der Waals surface area (Å²) in [6.45, 7) is 4.57. The molecule has 1 saturated heterocycles. The third kappa shape index (κ3) is 5.25. The zero-order chi connectivity index (χ0) is 16.2. The van der Waals surface area contributed by atoms with Gasteiger partial charge >= 0.3 is 11.9 Å². The van der Waals surface area contributed by atoms with Crippen molar-refractivity contribution in [2.75, 3.05) is 20.2 Å². The molecule has 2 unspecified atom stereocenters. The highest BCUT2D eigenvalue weighted by atomic mass is 32.2. The van der Waals surface area contributed by atoms with Crippen LogP contribution in [0.15, 0.2) is 0 Å². The van der Waals surface area contributed by atoms with E-state index in [4.69, 9.17) is 5.11 Å². The maximum atomic E-state index is 12.3. The van der Waals surface area contributed by atoms with Crippen LogP contribution in [0, 0.1) is 11.8 Å². The lowest BCUT2D eigenvalue weighted by Gasteiger charge is -2.34. The summed E-state index contributed by atoms with van der Waals surface area (Å²) in [7, 11) is -2.84. The van der Waals surface area contributed by atoms with E-state index in [0.29, 0.717) is 13.1 Å². The molecule has 0 aromatic carbocycles. The van der Waals surface area contributed by atoms with Crippen LogP contribution in [0.25, 0.3) is 0 Å². The molecule has 0 aliphatic carbocycles. The normalized spacial score (nSPS) is 25.3. The van der Waals surface area contributed by atoms with Crippen molar-refractivity contribution in [3.05, 3.63) is 0 Å². The van der Waals surface area contributed by atoms with E-state index in [1.54, 1.807) is 0 Å². The van der Waals surface area contributed by atoms with Crippen molar-refractivity contribution < 1.29 is 27.9 Å². The third-order valence-electron chi connectivity index (χ3n) is 3.36. The van der Waals surface area contributed by atoms with Gasteiger partial charge in [-0.2, -0.15) is 17.4 Å². The van der Waals surface area contributed by atoms with Gasteiger partial charge in [0.15, 0.2) is 0 Å². The van der Waals surface area contributed by atoms with E-state index in [-0.39, 0.29) is 11.8 Å². The molecule has 21 heavy (non-hydrogen) atoms. The van der Waals surface area contributed by atoms with E-state index in [1.165, 1.54) is 4.31 Å². The van der Waals surface area contributed by atoms with E-state index in [9.17, 15) is 18.0 Å². The molecule has 3 atom stereocenters. The largest absolute Gasteiger partial charge is 0.480 e. The van der Waals surface area contributed by atoms with Gasteiger partial charge in [0, 0.05) is 13.1 Å². The Hall–Kier alpha value is -1.19. The second-order valence-electron chi connectivity index (χ2n) is 5.56. The smallest absolute Gasteiger partial charge is 0.322 e. The zero-order valence-electron chi connectivity index (χ0n) is 12.4. The van der Waals surface area contributed by atoms with E-state index < -0.39 is 34.6 Å². The van der Waals surface area contributed by atoms with Crippen LogP contribution < -0.4 is 4.72 Å². The number of esters is 1. The third-order valence-corrected chi connectivity index (χ3v) is 4.92. The minimum atomic E-state index is -3.95. The number of aliphatic carboxylic acids is 1. The minimum Gasteiger partial charge on any atom is -0.480 e. The quantitative estimate of drug-likeness (QED) is 0.656. The summed E-state index contributed by atoms with van der Waals surface area (Å²) in [6, 6.07) is -1.53. The van der Waals surface area contributed by atoms with Gasteiger partial charge in [-0.05, 0) is 18.3 Å². The number of carbonyl (C=O) groups excluding carboxylic acids is 1. The molecule has 0 aromatic rings. The molecule has 9 heteroatoms. The number of carboxylic acids is 1. The highest BCUT2D eigenvalue weighted by Crippen LogP contribution is 2.22.